The monoisotopic (exact) mass is 532 g/mol. The van der Waals surface area contributed by atoms with E-state index >= 15 is 0 Å². The molecule has 37 heavy (non-hydrogen) atoms. The zero-order valence-corrected chi connectivity index (χ0v) is 20.3. The number of morpholine rings is 1. The van der Waals surface area contributed by atoms with Crippen molar-refractivity contribution in [2.24, 2.45) is 0 Å². The molecular formula is C26H27F7N2O2. The van der Waals surface area contributed by atoms with Crippen molar-refractivity contribution in [2.45, 2.75) is 31.1 Å². The summed E-state index contributed by atoms with van der Waals surface area (Å²) in [5.41, 5.74) is -2.24. The SMILES string of the molecule is CN(C)CC#CCN1CCO[C@@H](OCCc2cc(C(F)(F)F)cc(C(F)(F)F)c2)[C@@H]1c1ccc(F)cc1. The highest BCUT2D eigenvalue weighted by Gasteiger charge is 2.37. The average molecular weight is 533 g/mol. The maximum Gasteiger partial charge on any atom is 0.416 e. The lowest BCUT2D eigenvalue weighted by Crippen LogP contribution is -2.46. The van der Waals surface area contributed by atoms with Gasteiger partial charge in [0.25, 0.3) is 0 Å². The third kappa shape index (κ3) is 8.43. The Labute approximate surface area is 210 Å². The fraction of sp³-hybridized carbons (Fsp3) is 0.462. The predicted molar refractivity (Wildman–Crippen MR) is 123 cm³/mol. The Hall–Kier alpha value is -2.65. The minimum atomic E-state index is -4.93. The summed E-state index contributed by atoms with van der Waals surface area (Å²) in [5.74, 6) is 5.68. The first-order valence-electron chi connectivity index (χ1n) is 11.5. The van der Waals surface area contributed by atoms with Crippen molar-refractivity contribution in [3.8, 4) is 11.8 Å². The van der Waals surface area contributed by atoms with Crippen LogP contribution in [0, 0.1) is 17.7 Å². The largest absolute Gasteiger partial charge is 0.416 e. The van der Waals surface area contributed by atoms with E-state index in [-0.39, 0.29) is 31.3 Å². The van der Waals surface area contributed by atoms with Gasteiger partial charge in [-0.1, -0.05) is 24.0 Å². The van der Waals surface area contributed by atoms with Crippen LogP contribution in [-0.4, -0.2) is 63.0 Å². The second-order valence-corrected chi connectivity index (χ2v) is 8.83. The van der Waals surface area contributed by atoms with Gasteiger partial charge in [-0.3, -0.25) is 9.80 Å². The van der Waals surface area contributed by atoms with Gasteiger partial charge in [0.15, 0.2) is 6.29 Å². The molecule has 2 aromatic rings. The molecule has 1 aliphatic heterocycles. The molecule has 0 bridgehead atoms. The van der Waals surface area contributed by atoms with Gasteiger partial charge in [-0.25, -0.2) is 4.39 Å². The van der Waals surface area contributed by atoms with Gasteiger partial charge in [0.05, 0.1) is 43.5 Å². The van der Waals surface area contributed by atoms with Crippen LogP contribution in [0.25, 0.3) is 0 Å². The van der Waals surface area contributed by atoms with E-state index < -0.39 is 41.6 Å². The first-order valence-corrected chi connectivity index (χ1v) is 11.5. The average Bonchev–Trinajstić information content (AvgIpc) is 2.81. The predicted octanol–water partition coefficient (Wildman–Crippen LogP) is 5.39. The summed E-state index contributed by atoms with van der Waals surface area (Å²) in [6.45, 7) is 1.51. The molecule has 1 heterocycles. The lowest BCUT2D eigenvalue weighted by atomic mass is 10.0. The Morgan fingerprint density at radius 1 is 0.973 bits per heavy atom. The minimum absolute atomic E-state index is 0.0917. The van der Waals surface area contributed by atoms with Gasteiger partial charge >= 0.3 is 12.4 Å². The summed E-state index contributed by atoms with van der Waals surface area (Å²) in [7, 11) is 3.77. The topological polar surface area (TPSA) is 24.9 Å². The standard InChI is InChI=1S/C26H27F7N2O2/c1-34(2)10-3-4-11-35-12-14-37-24(23(35)19-5-7-22(27)8-6-19)36-13-9-18-15-20(25(28,29)30)17-21(16-18)26(31,32)33/h5-8,15-17,23-24H,9-14H2,1-2H3/t23-,24+/m0/s1. The Morgan fingerprint density at radius 3 is 2.16 bits per heavy atom. The van der Waals surface area contributed by atoms with Crippen molar-refractivity contribution in [2.75, 3.05) is 46.9 Å². The fourth-order valence-electron chi connectivity index (χ4n) is 3.86. The lowest BCUT2D eigenvalue weighted by molar-refractivity contribution is -0.208. The van der Waals surface area contributed by atoms with Crippen molar-refractivity contribution in [1.29, 1.82) is 0 Å². The highest BCUT2D eigenvalue weighted by molar-refractivity contribution is 5.33. The van der Waals surface area contributed by atoms with Gasteiger partial charge in [-0.05, 0) is 62.0 Å². The summed E-state index contributed by atoms with van der Waals surface area (Å²) >= 11 is 0. The summed E-state index contributed by atoms with van der Waals surface area (Å²) < 4.78 is 104. The zero-order valence-electron chi connectivity index (χ0n) is 20.3. The Balaban J connectivity index is 1.77. The molecular weight excluding hydrogens is 505 g/mol. The third-order valence-electron chi connectivity index (χ3n) is 5.65. The van der Waals surface area contributed by atoms with Crippen LogP contribution in [-0.2, 0) is 28.2 Å². The summed E-state index contributed by atoms with van der Waals surface area (Å²) in [5, 5.41) is 0. The van der Waals surface area contributed by atoms with Gasteiger partial charge in [-0.15, -0.1) is 0 Å². The molecule has 0 aliphatic carbocycles. The van der Waals surface area contributed by atoms with Crippen LogP contribution in [0.5, 0.6) is 0 Å². The molecule has 0 radical (unpaired) electrons. The van der Waals surface area contributed by atoms with E-state index in [1.165, 1.54) is 12.1 Å². The molecule has 202 valence electrons. The Morgan fingerprint density at radius 2 is 1.59 bits per heavy atom. The smallest absolute Gasteiger partial charge is 0.350 e. The van der Waals surface area contributed by atoms with Gasteiger partial charge in [0.2, 0.25) is 0 Å². The summed E-state index contributed by atoms with van der Waals surface area (Å²) in [6, 6.07) is 6.69. The number of hydrogen-bond acceptors (Lipinski definition) is 4. The number of halogens is 7. The van der Waals surface area contributed by atoms with Gasteiger partial charge in [-0.2, -0.15) is 26.3 Å². The van der Waals surface area contributed by atoms with Crippen LogP contribution in [0.1, 0.15) is 28.3 Å². The van der Waals surface area contributed by atoms with Crippen molar-refractivity contribution >= 4 is 0 Å². The summed E-state index contributed by atoms with van der Waals surface area (Å²) in [6.07, 6.45) is -10.9. The second-order valence-electron chi connectivity index (χ2n) is 8.83. The van der Waals surface area contributed by atoms with E-state index in [9.17, 15) is 30.7 Å². The van der Waals surface area contributed by atoms with Crippen molar-refractivity contribution in [1.82, 2.24) is 9.80 Å². The van der Waals surface area contributed by atoms with E-state index in [1.807, 2.05) is 23.9 Å². The number of ether oxygens (including phenoxy) is 2. The number of rotatable bonds is 7. The molecule has 0 spiro atoms. The Bertz CT molecular complexity index is 1060. The van der Waals surface area contributed by atoms with Crippen molar-refractivity contribution < 1.29 is 40.2 Å². The fourth-order valence-corrected chi connectivity index (χ4v) is 3.86. The molecule has 0 saturated carbocycles. The number of alkyl halides is 6. The van der Waals surface area contributed by atoms with Crippen LogP contribution >= 0.6 is 0 Å². The molecule has 0 unspecified atom stereocenters. The minimum Gasteiger partial charge on any atom is -0.350 e. The van der Waals surface area contributed by atoms with Crippen molar-refractivity contribution in [3.63, 3.8) is 0 Å². The first-order chi connectivity index (χ1) is 17.3. The number of hydrogen-bond donors (Lipinski definition) is 0. The zero-order chi connectivity index (χ0) is 27.2. The van der Waals surface area contributed by atoms with E-state index in [4.69, 9.17) is 9.47 Å². The summed E-state index contributed by atoms with van der Waals surface area (Å²) in [4.78, 5) is 3.89. The quantitative estimate of drug-likeness (QED) is 0.353. The highest BCUT2D eigenvalue weighted by Crippen LogP contribution is 2.36. The molecule has 4 nitrogen and oxygen atoms in total. The molecule has 0 amide bonds. The maximum atomic E-state index is 13.5. The number of benzene rings is 2. The van der Waals surface area contributed by atoms with Crippen LogP contribution in [0.15, 0.2) is 42.5 Å². The molecule has 11 heteroatoms. The molecule has 1 saturated heterocycles. The molecule has 3 rings (SSSR count). The van der Waals surface area contributed by atoms with Gasteiger partial charge in [0, 0.05) is 6.54 Å². The molecule has 2 aromatic carbocycles. The van der Waals surface area contributed by atoms with Crippen LogP contribution in [0.3, 0.4) is 0 Å². The van der Waals surface area contributed by atoms with Gasteiger partial charge in [0.1, 0.15) is 5.82 Å². The van der Waals surface area contributed by atoms with Crippen LogP contribution in [0.2, 0.25) is 0 Å². The van der Waals surface area contributed by atoms with Crippen LogP contribution < -0.4 is 0 Å². The second kappa shape index (κ2) is 12.3. The normalized spacial score (nSPS) is 19.1. The molecule has 2 atom stereocenters. The van der Waals surface area contributed by atoms with E-state index in [1.54, 1.807) is 12.1 Å². The lowest BCUT2D eigenvalue weighted by Gasteiger charge is -2.40. The molecule has 1 aliphatic rings. The van der Waals surface area contributed by atoms with Crippen molar-refractivity contribution in [3.05, 3.63) is 70.5 Å². The molecule has 1 fully saturated rings. The molecule has 0 aromatic heterocycles. The van der Waals surface area contributed by atoms with Crippen LogP contribution in [0.4, 0.5) is 30.7 Å². The van der Waals surface area contributed by atoms with E-state index in [0.717, 1.165) is 0 Å². The van der Waals surface area contributed by atoms with Gasteiger partial charge < -0.3 is 9.47 Å². The maximum absolute atomic E-state index is 13.5. The third-order valence-corrected chi connectivity index (χ3v) is 5.65. The number of nitrogens with zero attached hydrogens (tertiary/aromatic N) is 2. The van der Waals surface area contributed by atoms with E-state index in [2.05, 4.69) is 11.8 Å². The Kier molecular flexibility index (Phi) is 9.58. The molecule has 0 N–H and O–H groups in total. The first kappa shape index (κ1) is 28.9. The highest BCUT2D eigenvalue weighted by atomic mass is 19.4. The van der Waals surface area contributed by atoms with E-state index in [0.29, 0.717) is 37.3 Å².